The van der Waals surface area contributed by atoms with E-state index in [0.717, 1.165) is 12.7 Å². The lowest BCUT2D eigenvalue weighted by molar-refractivity contribution is -0.104. The fourth-order valence-corrected chi connectivity index (χ4v) is 0.499. The highest BCUT2D eigenvalue weighted by atomic mass is 16.1. The van der Waals surface area contributed by atoms with Crippen molar-refractivity contribution in [3.05, 3.63) is 24.3 Å². The maximum absolute atomic E-state index is 9.80. The van der Waals surface area contributed by atoms with Crippen LogP contribution in [-0.2, 0) is 4.79 Å². The zero-order valence-corrected chi connectivity index (χ0v) is 6.58. The van der Waals surface area contributed by atoms with E-state index in [2.05, 4.69) is 19.9 Å². The summed E-state index contributed by atoms with van der Waals surface area (Å²) in [5, 5.41) is 0. The maximum atomic E-state index is 9.80. The van der Waals surface area contributed by atoms with Gasteiger partial charge in [-0.15, -0.1) is 0 Å². The van der Waals surface area contributed by atoms with Gasteiger partial charge < -0.3 is 0 Å². The van der Waals surface area contributed by atoms with Gasteiger partial charge in [0.25, 0.3) is 0 Å². The predicted molar refractivity (Wildman–Crippen MR) is 43.8 cm³/mol. The van der Waals surface area contributed by atoms with Crippen LogP contribution in [0, 0.1) is 5.92 Å². The number of carbonyl (C=O) groups excluding carboxylic acids is 1. The van der Waals surface area contributed by atoms with Crippen LogP contribution in [0.2, 0.25) is 0 Å². The van der Waals surface area contributed by atoms with Crippen molar-refractivity contribution in [2.75, 3.05) is 0 Å². The van der Waals surface area contributed by atoms with Gasteiger partial charge in [-0.2, -0.15) is 0 Å². The summed E-state index contributed by atoms with van der Waals surface area (Å²) in [4.78, 5) is 9.80. The Labute approximate surface area is 62.4 Å². The third kappa shape index (κ3) is 5.29. The summed E-state index contributed by atoms with van der Waals surface area (Å²) in [6.45, 7) is 4.28. The molecule has 0 aromatic rings. The van der Waals surface area contributed by atoms with Crippen molar-refractivity contribution in [1.82, 2.24) is 0 Å². The van der Waals surface area contributed by atoms with E-state index in [0.29, 0.717) is 5.92 Å². The first-order valence-corrected chi connectivity index (χ1v) is 3.60. The smallest absolute Gasteiger partial charge is 0.142 e. The van der Waals surface area contributed by atoms with Gasteiger partial charge in [-0.3, -0.25) is 4.79 Å². The van der Waals surface area contributed by atoms with E-state index >= 15 is 0 Å². The van der Waals surface area contributed by atoms with Crippen molar-refractivity contribution in [3.63, 3.8) is 0 Å². The minimum atomic E-state index is 0.608. The average molecular weight is 138 g/mol. The van der Waals surface area contributed by atoms with E-state index in [9.17, 15) is 4.79 Å². The molecule has 0 fully saturated rings. The highest BCUT2D eigenvalue weighted by Gasteiger charge is 1.86. The Kier molecular flexibility index (Phi) is 5.74. The summed E-state index contributed by atoms with van der Waals surface area (Å²) in [7, 11) is 0. The van der Waals surface area contributed by atoms with Gasteiger partial charge in [0.2, 0.25) is 0 Å². The Morgan fingerprint density at radius 1 is 1.30 bits per heavy atom. The van der Waals surface area contributed by atoms with E-state index in [1.54, 1.807) is 6.08 Å². The van der Waals surface area contributed by atoms with Gasteiger partial charge in [0.15, 0.2) is 0 Å². The van der Waals surface area contributed by atoms with E-state index in [1.165, 1.54) is 6.08 Å². The number of carbonyl (C=O) groups is 1. The zero-order valence-electron chi connectivity index (χ0n) is 6.58. The third-order valence-corrected chi connectivity index (χ3v) is 1.38. The molecule has 10 heavy (non-hydrogen) atoms. The number of hydrogen-bond donors (Lipinski definition) is 0. The number of allylic oxidation sites excluding steroid dienone is 4. The Hall–Kier alpha value is -0.850. The number of rotatable bonds is 4. The molecule has 0 saturated heterocycles. The second-order valence-corrected chi connectivity index (χ2v) is 2.29. The predicted octanol–water partition coefficient (Wildman–Crippen LogP) is 2.34. The van der Waals surface area contributed by atoms with Gasteiger partial charge >= 0.3 is 0 Å². The molecule has 0 aliphatic carbocycles. The van der Waals surface area contributed by atoms with Gasteiger partial charge in [-0.25, -0.2) is 0 Å². The second kappa shape index (κ2) is 6.27. The van der Waals surface area contributed by atoms with Crippen LogP contribution < -0.4 is 0 Å². The fourth-order valence-electron chi connectivity index (χ4n) is 0.499. The van der Waals surface area contributed by atoms with Gasteiger partial charge in [0, 0.05) is 0 Å². The molecule has 1 nitrogen and oxygen atoms in total. The average Bonchev–Trinajstić information content (AvgIpc) is 1.98. The molecule has 0 aliphatic rings. The van der Waals surface area contributed by atoms with Crippen LogP contribution in [0.25, 0.3) is 0 Å². The van der Waals surface area contributed by atoms with Crippen molar-refractivity contribution in [2.45, 2.75) is 20.3 Å². The molecule has 0 radical (unpaired) electrons. The van der Waals surface area contributed by atoms with E-state index in [4.69, 9.17) is 0 Å². The van der Waals surface area contributed by atoms with Crippen LogP contribution in [0.3, 0.4) is 0 Å². The molecule has 1 heteroatoms. The first kappa shape index (κ1) is 9.15. The Balaban J connectivity index is 3.54. The molecular formula is C9H14O. The minimum absolute atomic E-state index is 0.608. The molecule has 1 atom stereocenters. The molecule has 0 spiro atoms. The first-order chi connectivity index (χ1) is 4.81. The SMILES string of the molecule is CCC(C)/C=C/C=C\C=O. The Morgan fingerprint density at radius 2 is 2.00 bits per heavy atom. The highest BCUT2D eigenvalue weighted by Crippen LogP contribution is 2.01. The van der Waals surface area contributed by atoms with Crippen LogP contribution in [-0.4, -0.2) is 6.29 Å². The lowest BCUT2D eigenvalue weighted by atomic mass is 10.1. The Bertz CT molecular complexity index is 134. The highest BCUT2D eigenvalue weighted by molar-refractivity contribution is 5.65. The molecule has 0 saturated carbocycles. The zero-order chi connectivity index (χ0) is 7.82. The van der Waals surface area contributed by atoms with Crippen molar-refractivity contribution < 1.29 is 4.79 Å². The summed E-state index contributed by atoms with van der Waals surface area (Å²) < 4.78 is 0. The van der Waals surface area contributed by atoms with Crippen molar-refractivity contribution in [3.8, 4) is 0 Å². The molecule has 0 amide bonds. The molecule has 0 aromatic carbocycles. The number of hydrogen-bond acceptors (Lipinski definition) is 1. The lowest BCUT2D eigenvalue weighted by Crippen LogP contribution is -1.82. The van der Waals surface area contributed by atoms with Crippen molar-refractivity contribution in [2.24, 2.45) is 5.92 Å². The molecule has 0 aliphatic heterocycles. The molecule has 56 valence electrons. The first-order valence-electron chi connectivity index (χ1n) is 3.60. The summed E-state index contributed by atoms with van der Waals surface area (Å²) in [5.74, 6) is 0.608. The van der Waals surface area contributed by atoms with E-state index < -0.39 is 0 Å². The largest absolute Gasteiger partial charge is 0.299 e. The monoisotopic (exact) mass is 138 g/mol. The van der Waals surface area contributed by atoms with Gasteiger partial charge in [-0.1, -0.05) is 38.5 Å². The molecule has 0 bridgehead atoms. The quantitative estimate of drug-likeness (QED) is 0.331. The van der Waals surface area contributed by atoms with Crippen molar-refractivity contribution in [1.29, 1.82) is 0 Å². The number of aldehydes is 1. The lowest BCUT2D eigenvalue weighted by Gasteiger charge is -1.96. The topological polar surface area (TPSA) is 17.1 Å². The van der Waals surface area contributed by atoms with Crippen LogP contribution in [0.4, 0.5) is 0 Å². The normalized spacial score (nSPS) is 14.6. The molecule has 1 unspecified atom stereocenters. The van der Waals surface area contributed by atoms with Gasteiger partial charge in [0.05, 0.1) is 0 Å². The molecular weight excluding hydrogens is 124 g/mol. The Morgan fingerprint density at radius 3 is 2.50 bits per heavy atom. The van der Waals surface area contributed by atoms with Crippen LogP contribution in [0.5, 0.6) is 0 Å². The molecule has 0 heterocycles. The molecule has 0 N–H and O–H groups in total. The summed E-state index contributed by atoms with van der Waals surface area (Å²) >= 11 is 0. The van der Waals surface area contributed by atoms with Crippen LogP contribution >= 0.6 is 0 Å². The molecule has 0 aromatic heterocycles. The third-order valence-electron chi connectivity index (χ3n) is 1.38. The van der Waals surface area contributed by atoms with Crippen LogP contribution in [0.1, 0.15) is 20.3 Å². The standard InChI is InChI=1S/C9H14O/c1-3-9(2)7-5-4-6-8-10/h4-9H,3H2,1-2H3/b6-4-,7-5+. The second-order valence-electron chi connectivity index (χ2n) is 2.29. The maximum Gasteiger partial charge on any atom is 0.142 e. The van der Waals surface area contributed by atoms with E-state index in [1.807, 2.05) is 6.08 Å². The molecule has 0 rings (SSSR count). The van der Waals surface area contributed by atoms with Gasteiger partial charge in [-0.05, 0) is 12.0 Å². The summed E-state index contributed by atoms with van der Waals surface area (Å²) in [5.41, 5.74) is 0. The van der Waals surface area contributed by atoms with Gasteiger partial charge in [0.1, 0.15) is 6.29 Å². The fraction of sp³-hybridized carbons (Fsp3) is 0.444. The minimum Gasteiger partial charge on any atom is -0.299 e. The van der Waals surface area contributed by atoms with E-state index in [-0.39, 0.29) is 0 Å². The van der Waals surface area contributed by atoms with Crippen LogP contribution in [0.15, 0.2) is 24.3 Å². The van der Waals surface area contributed by atoms with Crippen molar-refractivity contribution >= 4 is 6.29 Å². The summed E-state index contributed by atoms with van der Waals surface area (Å²) in [6.07, 6.45) is 9.15. The summed E-state index contributed by atoms with van der Waals surface area (Å²) in [6, 6.07) is 0.